The number of carbonyl (C=O) groups excluding carboxylic acids is 2. The Labute approximate surface area is 156 Å². The van der Waals surface area contributed by atoms with Crippen molar-refractivity contribution in [1.29, 1.82) is 0 Å². The molecule has 0 spiro atoms. The van der Waals surface area contributed by atoms with Gasteiger partial charge in [-0.1, -0.05) is 12.1 Å². The lowest BCUT2D eigenvalue weighted by molar-refractivity contribution is -0.184. The summed E-state index contributed by atoms with van der Waals surface area (Å²) in [6.45, 7) is 1.73. The van der Waals surface area contributed by atoms with Gasteiger partial charge in [0, 0.05) is 25.7 Å². The van der Waals surface area contributed by atoms with E-state index >= 15 is 0 Å². The number of amides is 2. The Morgan fingerprint density at radius 1 is 1.35 bits per heavy atom. The van der Waals surface area contributed by atoms with Gasteiger partial charge < -0.3 is 15.5 Å². The minimum atomic E-state index is -4.89. The minimum absolute atomic E-state index is 0. The van der Waals surface area contributed by atoms with Crippen LogP contribution < -0.4 is 10.6 Å². The van der Waals surface area contributed by atoms with Gasteiger partial charge in [0.1, 0.15) is 0 Å². The van der Waals surface area contributed by atoms with E-state index in [1.165, 1.54) is 0 Å². The first-order chi connectivity index (χ1) is 11.8. The molecule has 1 fully saturated rings. The first-order valence-corrected chi connectivity index (χ1v) is 8.17. The summed E-state index contributed by atoms with van der Waals surface area (Å²) in [4.78, 5) is 23.8. The number of benzene rings is 1. The average molecular weight is 394 g/mol. The maximum absolute atomic E-state index is 12.4. The Bertz CT molecular complexity index is 620. The van der Waals surface area contributed by atoms with Crippen LogP contribution in [0.15, 0.2) is 24.3 Å². The number of anilines is 1. The summed E-state index contributed by atoms with van der Waals surface area (Å²) in [5, 5.41) is 6.00. The predicted molar refractivity (Wildman–Crippen MR) is 95.1 cm³/mol. The van der Waals surface area contributed by atoms with Crippen LogP contribution in [-0.2, 0) is 16.1 Å². The van der Waals surface area contributed by atoms with E-state index in [9.17, 15) is 22.8 Å². The molecule has 1 aliphatic rings. The Morgan fingerprint density at radius 2 is 2.08 bits per heavy atom. The lowest BCUT2D eigenvalue weighted by atomic mass is 10.0. The molecule has 146 valence electrons. The third kappa shape index (κ3) is 6.84. The molecule has 2 rings (SSSR count). The lowest BCUT2D eigenvalue weighted by Crippen LogP contribution is -2.37. The largest absolute Gasteiger partial charge is 0.471 e. The van der Waals surface area contributed by atoms with E-state index in [1.807, 2.05) is 0 Å². The van der Waals surface area contributed by atoms with Crippen LogP contribution in [0.4, 0.5) is 18.9 Å². The van der Waals surface area contributed by atoms with Crippen molar-refractivity contribution in [2.75, 3.05) is 25.5 Å². The summed E-state index contributed by atoms with van der Waals surface area (Å²) in [7, 11) is 1.09. The third-order valence-corrected chi connectivity index (χ3v) is 4.16. The predicted octanol–water partition coefficient (Wildman–Crippen LogP) is 2.96. The van der Waals surface area contributed by atoms with Crippen molar-refractivity contribution in [3.8, 4) is 0 Å². The van der Waals surface area contributed by atoms with Crippen LogP contribution >= 0.6 is 12.4 Å². The van der Waals surface area contributed by atoms with Crippen molar-refractivity contribution in [3.63, 3.8) is 0 Å². The van der Waals surface area contributed by atoms with E-state index in [4.69, 9.17) is 0 Å². The first-order valence-electron chi connectivity index (χ1n) is 8.17. The van der Waals surface area contributed by atoms with Gasteiger partial charge in [0.15, 0.2) is 0 Å². The van der Waals surface area contributed by atoms with Crippen molar-refractivity contribution in [1.82, 2.24) is 10.2 Å². The standard InChI is InChI=1S/C17H22F3N3O2.ClH/c1-23(16(25)17(18,19)20)11-13-3-2-4-14(9-13)22-15(24)6-5-12-7-8-21-10-12;/h2-4,9,12,21H,5-8,10-11H2,1H3,(H,22,24);1H. The molecular weight excluding hydrogens is 371 g/mol. The van der Waals surface area contributed by atoms with Crippen molar-refractivity contribution in [3.05, 3.63) is 29.8 Å². The highest BCUT2D eigenvalue weighted by atomic mass is 35.5. The molecule has 9 heteroatoms. The summed E-state index contributed by atoms with van der Waals surface area (Å²) >= 11 is 0. The second-order valence-electron chi connectivity index (χ2n) is 6.31. The Morgan fingerprint density at radius 3 is 2.69 bits per heavy atom. The van der Waals surface area contributed by atoms with Gasteiger partial charge in [-0.05, 0) is 49.5 Å². The number of hydrogen-bond acceptors (Lipinski definition) is 3. The SMILES string of the molecule is CN(Cc1cccc(NC(=O)CCC2CCNC2)c1)C(=O)C(F)(F)F.Cl. The quantitative estimate of drug-likeness (QED) is 0.781. The monoisotopic (exact) mass is 393 g/mol. The molecule has 2 amide bonds. The number of nitrogens with one attached hydrogen (secondary N) is 2. The minimum Gasteiger partial charge on any atom is -0.334 e. The fourth-order valence-corrected chi connectivity index (χ4v) is 2.83. The zero-order chi connectivity index (χ0) is 18.4. The average Bonchev–Trinajstić information content (AvgIpc) is 3.05. The van der Waals surface area contributed by atoms with Crippen molar-refractivity contribution in [2.45, 2.75) is 32.0 Å². The zero-order valence-electron chi connectivity index (χ0n) is 14.4. The maximum atomic E-state index is 12.4. The van der Waals surface area contributed by atoms with Gasteiger partial charge in [-0.25, -0.2) is 0 Å². The van der Waals surface area contributed by atoms with Crippen LogP contribution in [0, 0.1) is 5.92 Å². The fraction of sp³-hybridized carbons (Fsp3) is 0.529. The van der Waals surface area contributed by atoms with Gasteiger partial charge in [0.2, 0.25) is 5.91 Å². The second kappa shape index (κ2) is 9.78. The maximum Gasteiger partial charge on any atom is 0.471 e. The van der Waals surface area contributed by atoms with E-state index < -0.39 is 12.1 Å². The lowest BCUT2D eigenvalue weighted by Gasteiger charge is -2.19. The third-order valence-electron chi connectivity index (χ3n) is 4.16. The number of carbonyl (C=O) groups is 2. The van der Waals surface area contributed by atoms with Crippen molar-refractivity contribution >= 4 is 29.9 Å². The summed E-state index contributed by atoms with van der Waals surface area (Å²) in [6, 6.07) is 6.50. The summed E-state index contributed by atoms with van der Waals surface area (Å²) in [5.74, 6) is -1.50. The molecule has 1 saturated heterocycles. The highest BCUT2D eigenvalue weighted by Gasteiger charge is 2.41. The first kappa shape index (κ1) is 22.2. The van der Waals surface area contributed by atoms with Gasteiger partial charge in [-0.2, -0.15) is 13.2 Å². The van der Waals surface area contributed by atoms with E-state index in [-0.39, 0.29) is 24.9 Å². The van der Waals surface area contributed by atoms with E-state index in [2.05, 4.69) is 10.6 Å². The molecule has 0 saturated carbocycles. The van der Waals surface area contributed by atoms with Crippen LogP contribution in [0.1, 0.15) is 24.8 Å². The molecule has 1 heterocycles. The van der Waals surface area contributed by atoms with Crippen LogP contribution in [0.2, 0.25) is 0 Å². The number of hydrogen-bond donors (Lipinski definition) is 2. The second-order valence-corrected chi connectivity index (χ2v) is 6.31. The van der Waals surface area contributed by atoms with Gasteiger partial charge in [-0.15, -0.1) is 12.4 Å². The smallest absolute Gasteiger partial charge is 0.334 e. The number of halogens is 4. The molecule has 0 aromatic heterocycles. The molecule has 1 atom stereocenters. The molecule has 1 aromatic rings. The normalized spacial score (nSPS) is 16.7. The van der Waals surface area contributed by atoms with Gasteiger partial charge in [0.05, 0.1) is 0 Å². The Kier molecular flexibility index (Phi) is 8.36. The Balaban J connectivity index is 0.00000338. The molecule has 1 aromatic carbocycles. The highest BCUT2D eigenvalue weighted by Crippen LogP contribution is 2.20. The molecule has 0 aliphatic carbocycles. The molecule has 5 nitrogen and oxygen atoms in total. The van der Waals surface area contributed by atoms with Crippen LogP contribution in [0.3, 0.4) is 0 Å². The van der Waals surface area contributed by atoms with E-state index in [0.29, 0.717) is 28.5 Å². The van der Waals surface area contributed by atoms with Crippen LogP contribution in [-0.4, -0.2) is 43.0 Å². The molecule has 1 unspecified atom stereocenters. The summed E-state index contributed by atoms with van der Waals surface area (Å²) in [6.07, 6.45) is -2.61. The topological polar surface area (TPSA) is 61.4 Å². The number of rotatable bonds is 6. The van der Waals surface area contributed by atoms with E-state index in [0.717, 1.165) is 33.0 Å². The van der Waals surface area contributed by atoms with Crippen molar-refractivity contribution in [2.24, 2.45) is 5.92 Å². The van der Waals surface area contributed by atoms with Gasteiger partial charge in [0.25, 0.3) is 0 Å². The zero-order valence-corrected chi connectivity index (χ0v) is 15.3. The van der Waals surface area contributed by atoms with Crippen LogP contribution in [0.25, 0.3) is 0 Å². The number of alkyl halides is 3. The molecule has 0 bridgehead atoms. The molecule has 26 heavy (non-hydrogen) atoms. The summed E-state index contributed by atoms with van der Waals surface area (Å²) < 4.78 is 37.2. The fourth-order valence-electron chi connectivity index (χ4n) is 2.83. The summed E-state index contributed by atoms with van der Waals surface area (Å²) in [5.41, 5.74) is 1.03. The molecule has 0 radical (unpaired) electrons. The van der Waals surface area contributed by atoms with Crippen molar-refractivity contribution < 1.29 is 22.8 Å². The Hall–Kier alpha value is -1.80. The molecule has 2 N–H and O–H groups in total. The number of nitrogens with zero attached hydrogens (tertiary/aromatic N) is 1. The van der Waals surface area contributed by atoms with Crippen LogP contribution in [0.5, 0.6) is 0 Å². The van der Waals surface area contributed by atoms with Gasteiger partial charge in [-0.3, -0.25) is 9.59 Å². The molecule has 1 aliphatic heterocycles. The molecular formula is C17H23ClF3N3O2. The van der Waals surface area contributed by atoms with Gasteiger partial charge >= 0.3 is 12.1 Å². The van der Waals surface area contributed by atoms with E-state index in [1.54, 1.807) is 24.3 Å². The highest BCUT2D eigenvalue weighted by molar-refractivity contribution is 5.90.